The Balaban J connectivity index is 1.89. The van der Waals surface area contributed by atoms with Crippen molar-refractivity contribution in [2.75, 3.05) is 20.1 Å². The van der Waals surface area contributed by atoms with Gasteiger partial charge in [-0.25, -0.2) is 4.79 Å². The van der Waals surface area contributed by atoms with E-state index in [0.29, 0.717) is 0 Å². The van der Waals surface area contributed by atoms with Crippen LogP contribution in [-0.2, 0) is 4.74 Å². The Hall–Kier alpha value is -1.29. The lowest BCUT2D eigenvalue weighted by Gasteiger charge is -2.28. The predicted molar refractivity (Wildman–Crippen MR) is 54.6 cm³/mol. The maximum Gasteiger partial charge on any atom is 0.374 e. The summed E-state index contributed by atoms with van der Waals surface area (Å²) in [6.07, 6.45) is 3.49. The minimum atomic E-state index is -0.361. The average molecular weight is 209 g/mol. The lowest BCUT2D eigenvalue weighted by atomic mass is 10.1. The molecule has 1 aliphatic rings. The molecular weight excluding hydrogens is 194 g/mol. The van der Waals surface area contributed by atoms with E-state index in [4.69, 9.17) is 9.15 Å². The molecule has 1 aromatic heterocycles. The zero-order valence-corrected chi connectivity index (χ0v) is 8.81. The van der Waals surface area contributed by atoms with E-state index >= 15 is 0 Å². The molecule has 82 valence electrons. The highest BCUT2D eigenvalue weighted by atomic mass is 16.6. The molecule has 1 unspecified atom stereocenters. The number of piperidine rings is 1. The molecule has 0 aliphatic carbocycles. The number of carbonyl (C=O) groups is 1. The zero-order chi connectivity index (χ0) is 10.7. The summed E-state index contributed by atoms with van der Waals surface area (Å²) in [5.74, 6) is -0.0801. The summed E-state index contributed by atoms with van der Waals surface area (Å²) in [7, 11) is 2.03. The summed E-state index contributed by atoms with van der Waals surface area (Å²) in [6.45, 7) is 1.89. The van der Waals surface area contributed by atoms with E-state index in [2.05, 4.69) is 4.90 Å². The molecule has 0 radical (unpaired) electrons. The fourth-order valence-electron chi connectivity index (χ4n) is 1.82. The van der Waals surface area contributed by atoms with Crippen LogP contribution in [0.2, 0.25) is 0 Å². The second kappa shape index (κ2) is 4.49. The third-order valence-electron chi connectivity index (χ3n) is 2.58. The summed E-state index contributed by atoms with van der Waals surface area (Å²) >= 11 is 0. The summed E-state index contributed by atoms with van der Waals surface area (Å²) in [5.41, 5.74) is 0. The molecule has 2 rings (SSSR count). The fourth-order valence-corrected chi connectivity index (χ4v) is 1.82. The highest BCUT2D eigenvalue weighted by molar-refractivity contribution is 5.86. The van der Waals surface area contributed by atoms with Crippen molar-refractivity contribution in [2.45, 2.75) is 18.9 Å². The lowest BCUT2D eigenvalue weighted by Crippen LogP contribution is -2.38. The van der Waals surface area contributed by atoms with Crippen LogP contribution in [0.5, 0.6) is 0 Å². The SMILES string of the molecule is CN1CCCC(OC(=O)c2ccco2)C1. The number of hydrogen-bond donors (Lipinski definition) is 0. The van der Waals surface area contributed by atoms with Crippen LogP contribution in [0.15, 0.2) is 22.8 Å². The Morgan fingerprint density at radius 1 is 1.67 bits per heavy atom. The number of furan rings is 1. The van der Waals surface area contributed by atoms with E-state index in [1.165, 1.54) is 6.26 Å². The predicted octanol–water partition coefficient (Wildman–Crippen LogP) is 1.53. The van der Waals surface area contributed by atoms with Gasteiger partial charge in [0.15, 0.2) is 0 Å². The number of rotatable bonds is 2. The quantitative estimate of drug-likeness (QED) is 0.693. The molecule has 1 fully saturated rings. The average Bonchev–Trinajstić information content (AvgIpc) is 2.70. The van der Waals surface area contributed by atoms with Crippen molar-refractivity contribution in [3.63, 3.8) is 0 Å². The van der Waals surface area contributed by atoms with Crippen LogP contribution in [0.3, 0.4) is 0 Å². The van der Waals surface area contributed by atoms with Crippen molar-refractivity contribution in [1.29, 1.82) is 0 Å². The van der Waals surface area contributed by atoms with E-state index in [1.807, 2.05) is 7.05 Å². The van der Waals surface area contributed by atoms with Gasteiger partial charge in [0.25, 0.3) is 0 Å². The van der Waals surface area contributed by atoms with E-state index in [0.717, 1.165) is 25.9 Å². The Bertz CT molecular complexity index is 321. The Labute approximate surface area is 88.8 Å². The first-order valence-electron chi connectivity index (χ1n) is 5.19. The molecule has 0 aromatic carbocycles. The van der Waals surface area contributed by atoms with Crippen molar-refractivity contribution in [1.82, 2.24) is 4.90 Å². The second-order valence-corrected chi connectivity index (χ2v) is 3.91. The van der Waals surface area contributed by atoms with Crippen molar-refractivity contribution in [2.24, 2.45) is 0 Å². The number of nitrogens with zero attached hydrogens (tertiary/aromatic N) is 1. The summed E-state index contributed by atoms with van der Waals surface area (Å²) in [4.78, 5) is 13.7. The van der Waals surface area contributed by atoms with Crippen molar-refractivity contribution in [3.8, 4) is 0 Å². The number of hydrogen-bond acceptors (Lipinski definition) is 4. The van der Waals surface area contributed by atoms with Gasteiger partial charge in [0, 0.05) is 6.54 Å². The maximum atomic E-state index is 11.5. The van der Waals surface area contributed by atoms with Crippen LogP contribution >= 0.6 is 0 Å². The first-order valence-corrected chi connectivity index (χ1v) is 5.19. The standard InChI is InChI=1S/C11H15NO3/c1-12-6-2-4-9(8-12)15-11(13)10-5-3-7-14-10/h3,5,7,9H,2,4,6,8H2,1H3. The number of likely N-dealkylation sites (N-methyl/N-ethyl adjacent to an activating group) is 1. The molecule has 4 nitrogen and oxygen atoms in total. The maximum absolute atomic E-state index is 11.5. The first-order chi connectivity index (χ1) is 7.25. The summed E-state index contributed by atoms with van der Waals surface area (Å²) < 4.78 is 10.3. The normalized spacial score (nSPS) is 22.6. The topological polar surface area (TPSA) is 42.7 Å². The molecule has 15 heavy (non-hydrogen) atoms. The minimum Gasteiger partial charge on any atom is -0.457 e. The first kappa shape index (κ1) is 10.2. The number of esters is 1. The highest BCUT2D eigenvalue weighted by Gasteiger charge is 2.22. The Kier molecular flexibility index (Phi) is 3.06. The van der Waals surface area contributed by atoms with Gasteiger partial charge in [-0.3, -0.25) is 0 Å². The van der Waals surface area contributed by atoms with Crippen LogP contribution in [0.4, 0.5) is 0 Å². The van der Waals surface area contributed by atoms with E-state index in [9.17, 15) is 4.79 Å². The molecule has 2 heterocycles. The summed E-state index contributed by atoms with van der Waals surface area (Å²) in [6, 6.07) is 3.30. The smallest absolute Gasteiger partial charge is 0.374 e. The summed E-state index contributed by atoms with van der Waals surface area (Å²) in [5, 5.41) is 0. The van der Waals surface area contributed by atoms with Gasteiger partial charge in [-0.1, -0.05) is 0 Å². The molecule has 4 heteroatoms. The van der Waals surface area contributed by atoms with Crippen LogP contribution in [-0.4, -0.2) is 37.1 Å². The Morgan fingerprint density at radius 3 is 3.20 bits per heavy atom. The molecule has 0 bridgehead atoms. The van der Waals surface area contributed by atoms with Crippen LogP contribution < -0.4 is 0 Å². The third kappa shape index (κ3) is 2.59. The minimum absolute atomic E-state index is 0.00125. The Morgan fingerprint density at radius 2 is 2.53 bits per heavy atom. The van der Waals surface area contributed by atoms with E-state index in [-0.39, 0.29) is 17.8 Å². The molecule has 0 amide bonds. The van der Waals surface area contributed by atoms with Gasteiger partial charge >= 0.3 is 5.97 Å². The van der Waals surface area contributed by atoms with Gasteiger partial charge in [-0.05, 0) is 38.6 Å². The molecule has 1 aliphatic heterocycles. The molecule has 1 aromatic rings. The van der Waals surface area contributed by atoms with Crippen LogP contribution in [0.1, 0.15) is 23.4 Å². The van der Waals surface area contributed by atoms with Gasteiger partial charge in [0.2, 0.25) is 5.76 Å². The second-order valence-electron chi connectivity index (χ2n) is 3.91. The van der Waals surface area contributed by atoms with Gasteiger partial charge in [0.05, 0.1) is 6.26 Å². The van der Waals surface area contributed by atoms with Gasteiger partial charge < -0.3 is 14.1 Å². The van der Waals surface area contributed by atoms with Crippen LogP contribution in [0, 0.1) is 0 Å². The molecule has 1 atom stereocenters. The molecule has 0 N–H and O–H groups in total. The monoisotopic (exact) mass is 209 g/mol. The largest absolute Gasteiger partial charge is 0.457 e. The van der Waals surface area contributed by atoms with E-state index in [1.54, 1.807) is 12.1 Å². The number of carbonyl (C=O) groups excluding carboxylic acids is 1. The number of ether oxygens (including phenoxy) is 1. The van der Waals surface area contributed by atoms with Crippen molar-refractivity contribution in [3.05, 3.63) is 24.2 Å². The highest BCUT2D eigenvalue weighted by Crippen LogP contribution is 2.14. The fraction of sp³-hybridized carbons (Fsp3) is 0.545. The molecular formula is C11H15NO3. The molecule has 1 saturated heterocycles. The third-order valence-corrected chi connectivity index (χ3v) is 2.58. The zero-order valence-electron chi connectivity index (χ0n) is 8.81. The molecule has 0 spiro atoms. The van der Waals surface area contributed by atoms with Gasteiger partial charge in [-0.15, -0.1) is 0 Å². The lowest BCUT2D eigenvalue weighted by molar-refractivity contribution is 0.00777. The van der Waals surface area contributed by atoms with Crippen LogP contribution in [0.25, 0.3) is 0 Å². The van der Waals surface area contributed by atoms with Crippen molar-refractivity contribution < 1.29 is 13.9 Å². The van der Waals surface area contributed by atoms with Gasteiger partial charge in [-0.2, -0.15) is 0 Å². The molecule has 0 saturated carbocycles. The van der Waals surface area contributed by atoms with Crippen molar-refractivity contribution >= 4 is 5.97 Å². The number of likely N-dealkylation sites (tertiary alicyclic amines) is 1. The van der Waals surface area contributed by atoms with Gasteiger partial charge in [0.1, 0.15) is 6.10 Å². The van der Waals surface area contributed by atoms with E-state index < -0.39 is 0 Å².